The molecular formula is C11H14N2O. The highest BCUT2D eigenvalue weighted by Gasteiger charge is 2.30. The van der Waals surface area contributed by atoms with Gasteiger partial charge in [-0.15, -0.1) is 0 Å². The number of nitrogens with zero attached hydrogens (tertiary/aromatic N) is 1. The van der Waals surface area contributed by atoms with Gasteiger partial charge in [-0.1, -0.05) is 18.2 Å². The minimum Gasteiger partial charge on any atom is -0.311 e. The third-order valence-electron chi connectivity index (χ3n) is 2.62. The fourth-order valence-corrected chi connectivity index (χ4v) is 1.81. The second kappa shape index (κ2) is 3.80. The molecule has 74 valence electrons. The largest absolute Gasteiger partial charge is 0.311 e. The van der Waals surface area contributed by atoms with Gasteiger partial charge < -0.3 is 10.2 Å². The van der Waals surface area contributed by atoms with Crippen LogP contribution in [0.5, 0.6) is 0 Å². The van der Waals surface area contributed by atoms with Gasteiger partial charge in [0.25, 0.3) is 0 Å². The van der Waals surface area contributed by atoms with Crippen molar-refractivity contribution in [3.8, 4) is 0 Å². The van der Waals surface area contributed by atoms with Crippen molar-refractivity contribution in [2.45, 2.75) is 12.5 Å². The first-order valence-electron chi connectivity index (χ1n) is 4.86. The van der Waals surface area contributed by atoms with Gasteiger partial charge in [-0.3, -0.25) is 4.79 Å². The number of likely N-dealkylation sites (N-methyl/N-ethyl adjacent to an activating group) is 1. The van der Waals surface area contributed by atoms with Crippen LogP contribution < -0.4 is 10.2 Å². The molecule has 1 aromatic rings. The van der Waals surface area contributed by atoms with E-state index < -0.39 is 0 Å². The summed E-state index contributed by atoms with van der Waals surface area (Å²) >= 11 is 0. The first-order chi connectivity index (χ1) is 6.83. The van der Waals surface area contributed by atoms with Crippen LogP contribution in [-0.2, 0) is 4.79 Å². The van der Waals surface area contributed by atoms with Gasteiger partial charge in [0.2, 0.25) is 5.91 Å². The number of nitrogens with one attached hydrogen (secondary N) is 1. The molecule has 1 fully saturated rings. The molecule has 1 aliphatic rings. The van der Waals surface area contributed by atoms with E-state index in [-0.39, 0.29) is 11.9 Å². The molecule has 1 heterocycles. The number of hydrogen-bond donors (Lipinski definition) is 1. The molecule has 0 radical (unpaired) electrons. The van der Waals surface area contributed by atoms with Gasteiger partial charge in [0.15, 0.2) is 0 Å². The monoisotopic (exact) mass is 190 g/mol. The Hall–Kier alpha value is -1.35. The normalized spacial score (nSPS) is 21.6. The van der Waals surface area contributed by atoms with E-state index in [2.05, 4.69) is 5.32 Å². The van der Waals surface area contributed by atoms with Crippen molar-refractivity contribution in [3.05, 3.63) is 30.3 Å². The summed E-state index contributed by atoms with van der Waals surface area (Å²) in [4.78, 5) is 13.6. The molecule has 1 aliphatic heterocycles. The Bertz CT molecular complexity index is 323. The third-order valence-corrected chi connectivity index (χ3v) is 2.62. The van der Waals surface area contributed by atoms with Crippen LogP contribution in [0.1, 0.15) is 6.42 Å². The van der Waals surface area contributed by atoms with Gasteiger partial charge in [-0.25, -0.2) is 0 Å². The number of benzene rings is 1. The lowest BCUT2D eigenvalue weighted by Gasteiger charge is -2.16. The average Bonchev–Trinajstić information content (AvgIpc) is 2.61. The predicted molar refractivity (Wildman–Crippen MR) is 56.3 cm³/mol. The fraction of sp³-hybridized carbons (Fsp3) is 0.364. The van der Waals surface area contributed by atoms with Crippen LogP contribution in [0.2, 0.25) is 0 Å². The quantitative estimate of drug-likeness (QED) is 0.755. The Morgan fingerprint density at radius 2 is 2.07 bits per heavy atom. The fourth-order valence-electron chi connectivity index (χ4n) is 1.81. The maximum absolute atomic E-state index is 11.8. The molecule has 0 aliphatic carbocycles. The Kier molecular flexibility index (Phi) is 2.50. The van der Waals surface area contributed by atoms with E-state index in [1.165, 1.54) is 0 Å². The lowest BCUT2D eigenvalue weighted by atomic mass is 10.2. The van der Waals surface area contributed by atoms with Crippen molar-refractivity contribution in [1.29, 1.82) is 0 Å². The smallest absolute Gasteiger partial charge is 0.244 e. The molecule has 0 spiro atoms. The summed E-state index contributed by atoms with van der Waals surface area (Å²) in [5.41, 5.74) is 0.996. The van der Waals surface area contributed by atoms with E-state index >= 15 is 0 Å². The number of carbonyl (C=O) groups excluding carboxylic acids is 1. The molecule has 0 bridgehead atoms. The molecular weight excluding hydrogens is 176 g/mol. The number of carbonyl (C=O) groups is 1. The molecule has 14 heavy (non-hydrogen) atoms. The van der Waals surface area contributed by atoms with Crippen LogP contribution in [0, 0.1) is 0 Å². The van der Waals surface area contributed by atoms with Gasteiger partial charge in [0, 0.05) is 12.2 Å². The second-order valence-electron chi connectivity index (χ2n) is 3.46. The number of para-hydroxylation sites is 1. The molecule has 1 amide bonds. The van der Waals surface area contributed by atoms with Gasteiger partial charge in [-0.05, 0) is 25.6 Å². The Morgan fingerprint density at radius 3 is 2.64 bits per heavy atom. The number of amides is 1. The van der Waals surface area contributed by atoms with Crippen LogP contribution in [0.4, 0.5) is 5.69 Å². The molecule has 1 aromatic carbocycles. The van der Waals surface area contributed by atoms with Crippen molar-refractivity contribution >= 4 is 11.6 Å². The van der Waals surface area contributed by atoms with Crippen LogP contribution in [0.3, 0.4) is 0 Å². The summed E-state index contributed by atoms with van der Waals surface area (Å²) in [6, 6.07) is 9.80. The molecule has 0 saturated carbocycles. The molecule has 3 heteroatoms. The van der Waals surface area contributed by atoms with Crippen LogP contribution in [0.15, 0.2) is 30.3 Å². The highest BCUT2D eigenvalue weighted by molar-refractivity contribution is 5.99. The van der Waals surface area contributed by atoms with Gasteiger partial charge in [-0.2, -0.15) is 0 Å². The first-order valence-corrected chi connectivity index (χ1v) is 4.86. The molecule has 1 atom stereocenters. The van der Waals surface area contributed by atoms with E-state index in [1.54, 1.807) is 0 Å². The predicted octanol–water partition coefficient (Wildman–Crippen LogP) is 1.01. The highest BCUT2D eigenvalue weighted by atomic mass is 16.2. The van der Waals surface area contributed by atoms with Crippen molar-refractivity contribution in [2.24, 2.45) is 0 Å². The van der Waals surface area contributed by atoms with Gasteiger partial charge in [0.1, 0.15) is 0 Å². The molecule has 0 aromatic heterocycles. The van der Waals surface area contributed by atoms with Crippen molar-refractivity contribution in [1.82, 2.24) is 5.32 Å². The minimum atomic E-state index is -0.00444. The summed E-state index contributed by atoms with van der Waals surface area (Å²) in [5, 5.41) is 3.02. The SMILES string of the molecule is CN[C@H]1CCN(c2ccccc2)C1=O. The van der Waals surface area contributed by atoms with Crippen LogP contribution in [-0.4, -0.2) is 25.5 Å². The average molecular weight is 190 g/mol. The summed E-state index contributed by atoms with van der Waals surface area (Å²) in [6.07, 6.45) is 0.893. The van der Waals surface area contributed by atoms with E-state index in [0.717, 1.165) is 18.7 Å². The zero-order valence-electron chi connectivity index (χ0n) is 8.23. The van der Waals surface area contributed by atoms with E-state index in [9.17, 15) is 4.79 Å². The summed E-state index contributed by atoms with van der Waals surface area (Å²) in [6.45, 7) is 0.814. The number of hydrogen-bond acceptors (Lipinski definition) is 2. The summed E-state index contributed by atoms with van der Waals surface area (Å²) < 4.78 is 0. The van der Waals surface area contributed by atoms with Crippen LogP contribution >= 0.6 is 0 Å². The lowest BCUT2D eigenvalue weighted by molar-refractivity contribution is -0.118. The summed E-state index contributed by atoms with van der Waals surface area (Å²) in [7, 11) is 1.83. The summed E-state index contributed by atoms with van der Waals surface area (Å²) in [5.74, 6) is 0.179. The lowest BCUT2D eigenvalue weighted by Crippen LogP contribution is -2.36. The third kappa shape index (κ3) is 1.51. The highest BCUT2D eigenvalue weighted by Crippen LogP contribution is 2.20. The Morgan fingerprint density at radius 1 is 1.36 bits per heavy atom. The Balaban J connectivity index is 2.18. The van der Waals surface area contributed by atoms with Crippen molar-refractivity contribution in [2.75, 3.05) is 18.5 Å². The Labute approximate surface area is 83.7 Å². The maximum atomic E-state index is 11.8. The van der Waals surface area contributed by atoms with E-state index in [4.69, 9.17) is 0 Å². The van der Waals surface area contributed by atoms with E-state index in [0.29, 0.717) is 0 Å². The number of rotatable bonds is 2. The van der Waals surface area contributed by atoms with Gasteiger partial charge >= 0.3 is 0 Å². The maximum Gasteiger partial charge on any atom is 0.244 e. The van der Waals surface area contributed by atoms with Crippen LogP contribution in [0.25, 0.3) is 0 Å². The van der Waals surface area contributed by atoms with E-state index in [1.807, 2.05) is 42.3 Å². The molecule has 3 nitrogen and oxygen atoms in total. The standard InChI is InChI=1S/C11H14N2O/c1-12-10-7-8-13(11(10)14)9-5-3-2-4-6-9/h2-6,10,12H,7-8H2,1H3/t10-/m0/s1. The molecule has 1 N–H and O–H groups in total. The molecule has 1 saturated heterocycles. The zero-order valence-corrected chi connectivity index (χ0v) is 8.23. The van der Waals surface area contributed by atoms with Gasteiger partial charge in [0.05, 0.1) is 6.04 Å². The first kappa shape index (κ1) is 9.21. The molecule has 0 unspecified atom stereocenters. The van der Waals surface area contributed by atoms with Crippen molar-refractivity contribution < 1.29 is 4.79 Å². The topological polar surface area (TPSA) is 32.3 Å². The van der Waals surface area contributed by atoms with Crippen molar-refractivity contribution in [3.63, 3.8) is 0 Å². The zero-order chi connectivity index (χ0) is 9.97. The number of anilines is 1. The minimum absolute atomic E-state index is 0.00444. The second-order valence-corrected chi connectivity index (χ2v) is 3.46. The molecule has 2 rings (SSSR count).